The van der Waals surface area contributed by atoms with Gasteiger partial charge in [0.2, 0.25) is 5.78 Å². The molecule has 1 aliphatic rings. The lowest BCUT2D eigenvalue weighted by atomic mass is 9.98. The first-order valence-corrected chi connectivity index (χ1v) is 10.2. The Morgan fingerprint density at radius 3 is 2.83 bits per heavy atom. The van der Waals surface area contributed by atoms with E-state index in [4.69, 9.17) is 20.8 Å². The average Bonchev–Trinajstić information content (AvgIpc) is 3.37. The summed E-state index contributed by atoms with van der Waals surface area (Å²) in [6.07, 6.45) is 0. The summed E-state index contributed by atoms with van der Waals surface area (Å²) in [6.45, 7) is 2.43. The molecule has 1 N–H and O–H groups in total. The molecule has 3 aromatic rings. The van der Waals surface area contributed by atoms with Gasteiger partial charge in [-0.05, 0) is 48.2 Å². The predicted molar refractivity (Wildman–Crippen MR) is 111 cm³/mol. The second kappa shape index (κ2) is 7.67. The number of thiophene rings is 1. The van der Waals surface area contributed by atoms with Crippen LogP contribution in [0.25, 0.3) is 11.0 Å². The Morgan fingerprint density at radius 1 is 1.34 bits per heavy atom. The van der Waals surface area contributed by atoms with Gasteiger partial charge in [-0.1, -0.05) is 11.6 Å². The number of ketones is 1. The van der Waals surface area contributed by atoms with Gasteiger partial charge in [-0.3, -0.25) is 9.59 Å². The molecule has 0 saturated carbocycles. The summed E-state index contributed by atoms with van der Waals surface area (Å²) in [7, 11) is 1.53. The Hall–Kier alpha value is -2.61. The van der Waals surface area contributed by atoms with Crippen molar-refractivity contribution >= 4 is 45.6 Å². The number of methoxy groups -OCH3 is 1. The third-order valence-electron chi connectivity index (χ3n) is 4.94. The summed E-state index contributed by atoms with van der Waals surface area (Å²) in [5.41, 5.74) is 1.45. The summed E-state index contributed by atoms with van der Waals surface area (Å²) >= 11 is 7.45. The topological polar surface area (TPSA) is 80.0 Å². The van der Waals surface area contributed by atoms with Crippen LogP contribution in [0.1, 0.15) is 27.0 Å². The van der Waals surface area contributed by atoms with Gasteiger partial charge in [0, 0.05) is 28.9 Å². The third kappa shape index (κ3) is 3.35. The Kier molecular flexibility index (Phi) is 5.21. The molecule has 2 aromatic heterocycles. The molecule has 6 nitrogen and oxygen atoms in total. The fourth-order valence-electron chi connectivity index (χ4n) is 3.50. The van der Waals surface area contributed by atoms with Crippen LogP contribution in [-0.4, -0.2) is 42.0 Å². The molecule has 0 fully saturated rings. The van der Waals surface area contributed by atoms with E-state index in [1.54, 1.807) is 24.3 Å². The maximum absolute atomic E-state index is 13.3. The van der Waals surface area contributed by atoms with E-state index in [1.807, 2.05) is 18.4 Å². The molecule has 150 valence electrons. The lowest BCUT2D eigenvalue weighted by molar-refractivity contribution is -0.130. The number of fused-ring (bicyclic) bond motifs is 1. The molecule has 0 aliphatic carbocycles. The van der Waals surface area contributed by atoms with Crippen LogP contribution in [0.4, 0.5) is 0 Å². The van der Waals surface area contributed by atoms with Crippen molar-refractivity contribution in [3.8, 4) is 0 Å². The van der Waals surface area contributed by atoms with E-state index in [1.165, 1.54) is 23.3 Å². The minimum Gasteiger partial charge on any atom is -0.503 e. The first-order valence-electron chi connectivity index (χ1n) is 8.93. The average molecular weight is 432 g/mol. The molecule has 8 heteroatoms. The molecule has 1 aromatic carbocycles. The molecule has 0 radical (unpaired) electrons. The van der Waals surface area contributed by atoms with Crippen LogP contribution < -0.4 is 0 Å². The molecule has 1 atom stereocenters. The van der Waals surface area contributed by atoms with E-state index < -0.39 is 23.5 Å². The zero-order valence-corrected chi connectivity index (χ0v) is 17.3. The number of nitrogens with zero attached hydrogens (tertiary/aromatic N) is 1. The van der Waals surface area contributed by atoms with Crippen molar-refractivity contribution in [1.82, 2.24) is 4.90 Å². The highest BCUT2D eigenvalue weighted by atomic mass is 35.5. The highest BCUT2D eigenvalue weighted by Crippen LogP contribution is 2.42. The molecule has 1 amide bonds. The van der Waals surface area contributed by atoms with Gasteiger partial charge in [-0.2, -0.15) is 0 Å². The number of carbonyl (C=O) groups is 2. The molecule has 3 heterocycles. The number of hydrogen-bond donors (Lipinski definition) is 1. The second-order valence-corrected chi connectivity index (χ2v) is 8.13. The number of rotatable bonds is 6. The molecule has 0 bridgehead atoms. The normalized spacial score (nSPS) is 17.0. The number of Topliss-reactive ketones (excluding diaryl/α,β-unsaturated/α-hetero) is 1. The number of aliphatic hydroxyl groups is 1. The number of amides is 1. The summed E-state index contributed by atoms with van der Waals surface area (Å²) in [4.78, 5) is 28.4. The summed E-state index contributed by atoms with van der Waals surface area (Å²) in [5, 5.41) is 13.7. The number of aliphatic hydroxyl groups excluding tert-OH is 1. The van der Waals surface area contributed by atoms with Crippen LogP contribution in [0.5, 0.6) is 0 Å². The van der Waals surface area contributed by atoms with Gasteiger partial charge < -0.3 is 19.2 Å². The van der Waals surface area contributed by atoms with Gasteiger partial charge in [0.1, 0.15) is 11.6 Å². The maximum Gasteiger partial charge on any atom is 0.290 e. The number of benzene rings is 1. The van der Waals surface area contributed by atoms with E-state index in [0.717, 1.165) is 10.4 Å². The Labute approximate surface area is 175 Å². The zero-order valence-electron chi connectivity index (χ0n) is 15.8. The van der Waals surface area contributed by atoms with E-state index in [-0.39, 0.29) is 24.5 Å². The van der Waals surface area contributed by atoms with Crippen LogP contribution in [0.3, 0.4) is 0 Å². The Balaban J connectivity index is 1.80. The van der Waals surface area contributed by atoms with Crippen LogP contribution in [0.2, 0.25) is 5.02 Å². The van der Waals surface area contributed by atoms with Crippen molar-refractivity contribution in [1.29, 1.82) is 0 Å². The van der Waals surface area contributed by atoms with Crippen molar-refractivity contribution in [2.75, 3.05) is 20.3 Å². The predicted octanol–water partition coefficient (Wildman–Crippen LogP) is 4.68. The first kappa shape index (κ1) is 19.7. The van der Waals surface area contributed by atoms with Gasteiger partial charge in [-0.15, -0.1) is 11.3 Å². The number of aryl methyl sites for hydroxylation is 1. The molecule has 1 unspecified atom stereocenters. The lowest BCUT2D eigenvalue weighted by Gasteiger charge is -2.25. The molecule has 4 rings (SSSR count). The molecular formula is C21H18ClNO5S. The van der Waals surface area contributed by atoms with E-state index in [9.17, 15) is 14.7 Å². The van der Waals surface area contributed by atoms with E-state index >= 15 is 0 Å². The Bertz CT molecular complexity index is 1150. The zero-order chi connectivity index (χ0) is 20.7. The highest BCUT2D eigenvalue weighted by molar-refractivity contribution is 7.10. The monoisotopic (exact) mass is 431 g/mol. The quantitative estimate of drug-likeness (QED) is 0.573. The van der Waals surface area contributed by atoms with Crippen molar-refractivity contribution in [3.63, 3.8) is 0 Å². The minimum absolute atomic E-state index is 0.0156. The molecule has 0 spiro atoms. The van der Waals surface area contributed by atoms with Crippen LogP contribution >= 0.6 is 22.9 Å². The van der Waals surface area contributed by atoms with Crippen LogP contribution in [0, 0.1) is 6.92 Å². The van der Waals surface area contributed by atoms with Crippen molar-refractivity contribution in [3.05, 3.63) is 68.3 Å². The van der Waals surface area contributed by atoms with Crippen molar-refractivity contribution in [2.24, 2.45) is 0 Å². The van der Waals surface area contributed by atoms with Gasteiger partial charge >= 0.3 is 0 Å². The third-order valence-corrected chi connectivity index (χ3v) is 6.24. The second-order valence-electron chi connectivity index (χ2n) is 6.75. The maximum atomic E-state index is 13.3. The van der Waals surface area contributed by atoms with Gasteiger partial charge in [0.15, 0.2) is 11.5 Å². The standard InChI is InChI=1S/C21H18ClNO5S/c1-11-5-8-29-20(11)17-16(19(25)21(26)23(17)6-7-27-2)18(24)15-10-12-9-13(22)3-4-14(12)28-15/h3-5,8-10,17,25H,6-7H2,1-2H3. The molecule has 0 saturated heterocycles. The van der Waals surface area contributed by atoms with Crippen LogP contribution in [-0.2, 0) is 9.53 Å². The SMILES string of the molecule is COCCN1C(=O)C(O)=C(C(=O)c2cc3cc(Cl)ccc3o2)C1c1sccc1C. The Morgan fingerprint density at radius 2 is 2.14 bits per heavy atom. The van der Waals surface area contributed by atoms with E-state index in [0.29, 0.717) is 16.0 Å². The number of hydrogen-bond acceptors (Lipinski definition) is 6. The number of ether oxygens (including phenoxy) is 1. The molecule has 1 aliphatic heterocycles. The van der Waals surface area contributed by atoms with Crippen molar-refractivity contribution in [2.45, 2.75) is 13.0 Å². The fraction of sp³-hybridized carbons (Fsp3) is 0.238. The molecule has 29 heavy (non-hydrogen) atoms. The first-order chi connectivity index (χ1) is 13.9. The summed E-state index contributed by atoms with van der Waals surface area (Å²) < 4.78 is 10.8. The number of halogens is 1. The highest BCUT2D eigenvalue weighted by Gasteiger charge is 2.45. The van der Waals surface area contributed by atoms with Gasteiger partial charge in [0.05, 0.1) is 12.2 Å². The summed E-state index contributed by atoms with van der Waals surface area (Å²) in [6, 6.07) is 7.83. The van der Waals surface area contributed by atoms with Gasteiger partial charge in [0.25, 0.3) is 5.91 Å². The number of furan rings is 1. The summed E-state index contributed by atoms with van der Waals surface area (Å²) in [5.74, 6) is -1.63. The fourth-order valence-corrected chi connectivity index (χ4v) is 4.73. The van der Waals surface area contributed by atoms with E-state index in [2.05, 4.69) is 0 Å². The number of carbonyl (C=O) groups excluding carboxylic acids is 2. The largest absolute Gasteiger partial charge is 0.503 e. The lowest BCUT2D eigenvalue weighted by Crippen LogP contribution is -2.33. The van der Waals surface area contributed by atoms with Gasteiger partial charge in [-0.25, -0.2) is 0 Å². The van der Waals surface area contributed by atoms with Crippen molar-refractivity contribution < 1.29 is 23.8 Å². The molecular weight excluding hydrogens is 414 g/mol. The smallest absolute Gasteiger partial charge is 0.290 e. The minimum atomic E-state index is -0.693. The van der Waals surface area contributed by atoms with Crippen LogP contribution in [0.15, 0.2) is 51.5 Å².